The van der Waals surface area contributed by atoms with E-state index in [1.54, 1.807) is 42.5 Å². The topological polar surface area (TPSA) is 238 Å². The van der Waals surface area contributed by atoms with Crippen molar-refractivity contribution in [3.05, 3.63) is 102 Å². The van der Waals surface area contributed by atoms with E-state index < -0.39 is 46.8 Å². The molecule has 1 atom stereocenters. The summed E-state index contributed by atoms with van der Waals surface area (Å²) in [7, 11) is 0. The molecule has 0 saturated heterocycles. The van der Waals surface area contributed by atoms with Crippen LogP contribution in [0.5, 0.6) is 5.75 Å². The first-order valence-corrected chi connectivity index (χ1v) is 13.0. The molecule has 1 aliphatic rings. The van der Waals surface area contributed by atoms with E-state index in [2.05, 4.69) is 30.9 Å². The van der Waals surface area contributed by atoms with Crippen molar-refractivity contribution in [1.29, 1.82) is 0 Å². The molecule has 4 aromatic carbocycles. The second-order valence-electron chi connectivity index (χ2n) is 9.37. The number of nitrogens with one attached hydrogen (secondary N) is 1. The van der Waals surface area contributed by atoms with Crippen LogP contribution in [0.2, 0.25) is 0 Å². The quantitative estimate of drug-likeness (QED) is 0.0978. The van der Waals surface area contributed by atoms with Crippen molar-refractivity contribution in [2.24, 2.45) is 25.6 Å². The molecule has 0 aliphatic carbocycles. The number of carboxylic acids is 2. The predicted octanol–water partition coefficient (Wildman–Crippen LogP) is -2.68. The molecule has 2 amide bonds. The summed E-state index contributed by atoms with van der Waals surface area (Å²) in [5.74, 6) is -4.88. The number of hydrogen-bond donors (Lipinski definition) is 3. The molecule has 47 heavy (non-hydrogen) atoms. The maximum Gasteiger partial charge on any atom is 1.00 e. The Bertz CT molecular complexity index is 1920. The summed E-state index contributed by atoms with van der Waals surface area (Å²) in [6.45, 7) is 0. The Morgan fingerprint density at radius 1 is 0.851 bits per heavy atom. The van der Waals surface area contributed by atoms with Crippen LogP contribution < -0.4 is 85.4 Å². The van der Waals surface area contributed by atoms with E-state index in [0.29, 0.717) is 17.1 Å². The molecule has 5 rings (SSSR count). The van der Waals surface area contributed by atoms with Crippen LogP contribution in [0.25, 0.3) is 0 Å². The Kier molecular flexibility index (Phi) is 12.6. The zero-order chi connectivity index (χ0) is 32.1. The Labute approximate surface area is 310 Å². The second-order valence-corrected chi connectivity index (χ2v) is 9.37. The Morgan fingerprint density at radius 3 is 2.11 bits per heavy atom. The first-order chi connectivity index (χ1) is 21.6. The normalized spacial score (nSPS) is 14.0. The van der Waals surface area contributed by atoms with E-state index in [4.69, 9.17) is 5.73 Å². The van der Waals surface area contributed by atoms with E-state index in [-0.39, 0.29) is 81.7 Å². The first-order valence-electron chi connectivity index (χ1n) is 13.0. The molecule has 4 aromatic rings. The van der Waals surface area contributed by atoms with Gasteiger partial charge in [-0.25, -0.2) is 4.79 Å². The standard InChI is InChI=1S/C30H22N8O7.2Na/c31-17-2-1-3-22(14-17)38-28(41)25(26(37-38)30(44)45)36-34-19-6-4-16(5-7-19)27(40)32-18-8-10-20(11-9-18)33-35-21-12-13-24(39)23(15-21)29(42)43;;/h1-15,25,39H,31H2,(H,32,40)(H,42,43)(H,44,45);;/q;2*+1/p-2. The summed E-state index contributed by atoms with van der Waals surface area (Å²) in [4.78, 5) is 48.4. The average molecular weight is 651 g/mol. The summed E-state index contributed by atoms with van der Waals surface area (Å²) in [6.07, 6.45) is 0. The Morgan fingerprint density at radius 2 is 1.47 bits per heavy atom. The molecule has 4 N–H and O–H groups in total. The zero-order valence-electron chi connectivity index (χ0n) is 24.9. The molecule has 224 valence electrons. The molecule has 0 radical (unpaired) electrons. The largest absolute Gasteiger partial charge is 1.00 e. The van der Waals surface area contributed by atoms with Gasteiger partial charge in [0, 0.05) is 16.9 Å². The number of aliphatic carboxylic acids is 1. The van der Waals surface area contributed by atoms with E-state index in [1.807, 2.05) is 0 Å². The third-order valence-corrected chi connectivity index (χ3v) is 6.25. The Balaban J connectivity index is 0.00000300. The van der Waals surface area contributed by atoms with Crippen LogP contribution in [0.3, 0.4) is 0 Å². The summed E-state index contributed by atoms with van der Waals surface area (Å²) in [6, 6.07) is 20.4. The molecule has 1 aliphatic heterocycles. The number of rotatable bonds is 9. The van der Waals surface area contributed by atoms with Crippen LogP contribution in [-0.4, -0.2) is 40.6 Å². The number of anilines is 3. The number of benzene rings is 4. The summed E-state index contributed by atoms with van der Waals surface area (Å²) in [5.41, 5.74) is 6.92. The number of nitrogen functional groups attached to an aromatic ring is 1. The van der Waals surface area contributed by atoms with Crippen molar-refractivity contribution < 1.29 is 93.6 Å². The van der Waals surface area contributed by atoms with Crippen molar-refractivity contribution in [2.75, 3.05) is 16.1 Å². The average Bonchev–Trinajstić information content (AvgIpc) is 3.36. The van der Waals surface area contributed by atoms with Gasteiger partial charge in [-0.3, -0.25) is 9.59 Å². The predicted molar refractivity (Wildman–Crippen MR) is 157 cm³/mol. The van der Waals surface area contributed by atoms with Gasteiger partial charge in [0.25, 0.3) is 11.8 Å². The molecule has 15 nitrogen and oxygen atoms in total. The van der Waals surface area contributed by atoms with Crippen LogP contribution in [-0.2, 0) is 9.59 Å². The fourth-order valence-electron chi connectivity index (χ4n) is 4.02. The number of carboxylic acid groups (broad SMARTS) is 2. The van der Waals surface area contributed by atoms with E-state index >= 15 is 0 Å². The molecule has 0 aromatic heterocycles. The number of nitrogens with two attached hydrogens (primary N) is 1. The number of aromatic carboxylic acids is 1. The zero-order valence-corrected chi connectivity index (χ0v) is 28.9. The van der Waals surface area contributed by atoms with Crippen LogP contribution in [0, 0.1) is 0 Å². The van der Waals surface area contributed by atoms with Gasteiger partial charge in [0.2, 0.25) is 6.04 Å². The van der Waals surface area contributed by atoms with Gasteiger partial charge >= 0.3 is 65.1 Å². The van der Waals surface area contributed by atoms with Gasteiger partial charge in [-0.15, -0.1) is 0 Å². The minimum atomic E-state index is -1.61. The molecular formula is C30H20N8Na2O7. The van der Waals surface area contributed by atoms with Gasteiger partial charge in [-0.05, 0) is 84.4 Å². The van der Waals surface area contributed by atoms with E-state index in [1.165, 1.54) is 36.4 Å². The summed E-state index contributed by atoms with van der Waals surface area (Å²) in [5, 5.41) is 55.4. The van der Waals surface area contributed by atoms with Crippen LogP contribution in [0.1, 0.15) is 20.7 Å². The number of hydrazone groups is 1. The maximum atomic E-state index is 12.9. The van der Waals surface area contributed by atoms with Gasteiger partial charge < -0.3 is 31.2 Å². The van der Waals surface area contributed by atoms with Crippen LogP contribution in [0.4, 0.5) is 34.1 Å². The summed E-state index contributed by atoms with van der Waals surface area (Å²) >= 11 is 0. The van der Waals surface area contributed by atoms with E-state index in [0.717, 1.165) is 17.1 Å². The van der Waals surface area contributed by atoms with Crippen molar-refractivity contribution in [3.63, 3.8) is 0 Å². The number of amides is 2. The molecular weight excluding hydrogens is 630 g/mol. The van der Waals surface area contributed by atoms with Crippen molar-refractivity contribution in [1.82, 2.24) is 0 Å². The minimum Gasteiger partial charge on any atom is -0.872 e. The van der Waals surface area contributed by atoms with Crippen LogP contribution in [0.15, 0.2) is 117 Å². The van der Waals surface area contributed by atoms with Gasteiger partial charge in [0.05, 0.1) is 28.7 Å². The molecule has 1 heterocycles. The number of carbonyl (C=O) groups is 4. The minimum absolute atomic E-state index is 0. The second kappa shape index (κ2) is 16.2. The van der Waals surface area contributed by atoms with Gasteiger partial charge in [0.1, 0.15) is 0 Å². The van der Waals surface area contributed by atoms with Gasteiger partial charge in [0.15, 0.2) is 5.71 Å². The molecule has 17 heteroatoms. The van der Waals surface area contributed by atoms with Gasteiger partial charge in [-0.1, -0.05) is 17.9 Å². The SMILES string of the molecule is Nc1cccc(N2N=C(C(=O)O)C(N=Nc3ccc(C(=O)Nc4ccc(N=Nc5ccc([O-])c(C(=O)[O-])c5)cc4)cc3)C2=O)c1.[Na+].[Na+]. The van der Waals surface area contributed by atoms with Crippen molar-refractivity contribution in [2.45, 2.75) is 6.04 Å². The molecule has 0 bridgehead atoms. The number of azo groups is 2. The maximum absolute atomic E-state index is 12.9. The number of nitrogens with zero attached hydrogens (tertiary/aromatic N) is 6. The third-order valence-electron chi connectivity index (χ3n) is 6.25. The number of carbonyl (C=O) groups excluding carboxylic acids is 3. The first kappa shape index (κ1) is 36.7. The van der Waals surface area contributed by atoms with Crippen LogP contribution >= 0.6 is 0 Å². The van der Waals surface area contributed by atoms with Crippen molar-refractivity contribution >= 4 is 63.6 Å². The molecule has 0 spiro atoms. The Hall–Kier alpha value is -4.77. The smallest absolute Gasteiger partial charge is 0.872 e. The van der Waals surface area contributed by atoms with E-state index in [9.17, 15) is 34.5 Å². The molecule has 1 unspecified atom stereocenters. The molecule has 0 saturated carbocycles. The summed E-state index contributed by atoms with van der Waals surface area (Å²) < 4.78 is 0. The van der Waals surface area contributed by atoms with Gasteiger partial charge in [-0.2, -0.15) is 30.6 Å². The monoisotopic (exact) mass is 650 g/mol. The third kappa shape index (κ3) is 8.94. The number of hydrogen-bond acceptors (Lipinski definition) is 12. The fourth-order valence-corrected chi connectivity index (χ4v) is 4.02. The van der Waals surface area contributed by atoms with Crippen molar-refractivity contribution in [3.8, 4) is 5.75 Å². The fraction of sp³-hybridized carbons (Fsp3) is 0.0333. The molecule has 0 fully saturated rings.